The van der Waals surface area contributed by atoms with Crippen molar-refractivity contribution in [2.75, 3.05) is 6.61 Å². The SMILES string of the molecule is Cc1cc(/C=C(\C#N)C(=O)OCC(=O)NC(=O)c2ccccc2)c(C)n1CC(C)C. The van der Waals surface area contributed by atoms with Crippen LogP contribution in [-0.4, -0.2) is 29.0 Å². The van der Waals surface area contributed by atoms with Gasteiger partial charge in [-0.15, -0.1) is 0 Å². The summed E-state index contributed by atoms with van der Waals surface area (Å²) in [6.45, 7) is 8.27. The molecule has 0 saturated heterocycles. The van der Waals surface area contributed by atoms with Crippen LogP contribution in [-0.2, 0) is 20.9 Å². The van der Waals surface area contributed by atoms with Gasteiger partial charge < -0.3 is 9.30 Å². The number of amides is 2. The first-order valence-corrected chi connectivity index (χ1v) is 9.57. The summed E-state index contributed by atoms with van der Waals surface area (Å²) in [5.41, 5.74) is 2.80. The number of carbonyl (C=O) groups is 3. The highest BCUT2D eigenvalue weighted by Gasteiger charge is 2.17. The van der Waals surface area contributed by atoms with Crippen LogP contribution in [0.5, 0.6) is 0 Å². The van der Waals surface area contributed by atoms with Gasteiger partial charge in [0.1, 0.15) is 11.6 Å². The monoisotopic (exact) mass is 407 g/mol. The molecule has 7 nitrogen and oxygen atoms in total. The lowest BCUT2D eigenvalue weighted by Crippen LogP contribution is -2.34. The van der Waals surface area contributed by atoms with Crippen LogP contribution < -0.4 is 5.32 Å². The molecule has 1 aromatic carbocycles. The second-order valence-corrected chi connectivity index (χ2v) is 7.32. The van der Waals surface area contributed by atoms with Gasteiger partial charge in [0.15, 0.2) is 6.61 Å². The number of nitriles is 1. The summed E-state index contributed by atoms with van der Waals surface area (Å²) in [6, 6.07) is 11.9. The number of imide groups is 1. The van der Waals surface area contributed by atoms with E-state index in [1.165, 1.54) is 6.08 Å². The predicted octanol–water partition coefficient (Wildman–Crippen LogP) is 3.17. The molecular formula is C23H25N3O4. The number of ether oxygens (including phenoxy) is 1. The van der Waals surface area contributed by atoms with Crippen molar-refractivity contribution in [3.63, 3.8) is 0 Å². The lowest BCUT2D eigenvalue weighted by Gasteiger charge is -2.12. The molecule has 0 saturated carbocycles. The Morgan fingerprint density at radius 1 is 1.20 bits per heavy atom. The molecule has 156 valence electrons. The average molecular weight is 407 g/mol. The van der Waals surface area contributed by atoms with Gasteiger partial charge in [0.2, 0.25) is 0 Å². The number of nitrogens with one attached hydrogen (secondary N) is 1. The highest BCUT2D eigenvalue weighted by molar-refractivity contribution is 6.06. The Morgan fingerprint density at radius 3 is 2.47 bits per heavy atom. The number of benzene rings is 1. The quantitative estimate of drug-likeness (QED) is 0.432. The lowest BCUT2D eigenvalue weighted by atomic mass is 10.1. The molecule has 0 bridgehead atoms. The van der Waals surface area contributed by atoms with Crippen molar-refractivity contribution in [2.45, 2.75) is 34.2 Å². The Balaban J connectivity index is 2.02. The van der Waals surface area contributed by atoms with Gasteiger partial charge in [-0.3, -0.25) is 14.9 Å². The van der Waals surface area contributed by atoms with Crippen molar-refractivity contribution < 1.29 is 19.1 Å². The van der Waals surface area contributed by atoms with Gasteiger partial charge in [0, 0.05) is 23.5 Å². The largest absolute Gasteiger partial charge is 0.451 e. The molecule has 30 heavy (non-hydrogen) atoms. The van der Waals surface area contributed by atoms with E-state index in [-0.39, 0.29) is 5.57 Å². The first-order valence-electron chi connectivity index (χ1n) is 9.57. The molecular weight excluding hydrogens is 382 g/mol. The van der Waals surface area contributed by atoms with E-state index >= 15 is 0 Å². The third kappa shape index (κ3) is 5.92. The molecule has 2 aromatic rings. The summed E-state index contributed by atoms with van der Waals surface area (Å²) in [5.74, 6) is -1.84. The van der Waals surface area contributed by atoms with Crippen LogP contribution in [0, 0.1) is 31.1 Å². The zero-order chi connectivity index (χ0) is 22.3. The number of aryl methyl sites for hydroxylation is 1. The van der Waals surface area contributed by atoms with E-state index in [1.807, 2.05) is 26.0 Å². The number of rotatable bonds is 7. The van der Waals surface area contributed by atoms with E-state index in [0.29, 0.717) is 11.5 Å². The molecule has 2 rings (SSSR count). The van der Waals surface area contributed by atoms with Crippen LogP contribution in [0.2, 0.25) is 0 Å². The van der Waals surface area contributed by atoms with E-state index in [9.17, 15) is 19.6 Å². The molecule has 2 amide bonds. The van der Waals surface area contributed by atoms with Crippen molar-refractivity contribution in [2.24, 2.45) is 5.92 Å². The molecule has 1 aromatic heterocycles. The van der Waals surface area contributed by atoms with Crippen LogP contribution in [0.4, 0.5) is 0 Å². The van der Waals surface area contributed by atoms with Crippen molar-refractivity contribution in [3.8, 4) is 6.07 Å². The maximum absolute atomic E-state index is 12.2. The topological polar surface area (TPSA) is 101 Å². The Labute approximate surface area is 176 Å². The Bertz CT molecular complexity index is 1010. The zero-order valence-corrected chi connectivity index (χ0v) is 17.6. The van der Waals surface area contributed by atoms with Crippen LogP contribution in [0.1, 0.15) is 41.2 Å². The fraction of sp³-hybridized carbons (Fsp3) is 0.304. The number of hydrogen-bond acceptors (Lipinski definition) is 5. The third-order valence-corrected chi connectivity index (χ3v) is 4.42. The van der Waals surface area contributed by atoms with Gasteiger partial charge in [-0.1, -0.05) is 32.0 Å². The van der Waals surface area contributed by atoms with E-state index in [0.717, 1.165) is 23.5 Å². The number of carbonyl (C=O) groups excluding carboxylic acids is 3. The van der Waals surface area contributed by atoms with Gasteiger partial charge in [-0.05, 0) is 49.6 Å². The fourth-order valence-corrected chi connectivity index (χ4v) is 2.95. The second-order valence-electron chi connectivity index (χ2n) is 7.32. The minimum Gasteiger partial charge on any atom is -0.451 e. The number of nitrogens with zero attached hydrogens (tertiary/aromatic N) is 2. The van der Waals surface area contributed by atoms with Crippen molar-refractivity contribution in [3.05, 3.63) is 64.5 Å². The van der Waals surface area contributed by atoms with Gasteiger partial charge in [-0.25, -0.2) is 4.79 Å². The Hall–Kier alpha value is -3.66. The lowest BCUT2D eigenvalue weighted by molar-refractivity contribution is -0.144. The molecule has 0 radical (unpaired) electrons. The standard InChI is InChI=1S/C23H25N3O4/c1-15(2)13-26-16(3)10-19(17(26)4)11-20(12-24)23(29)30-14-21(27)25-22(28)18-8-6-5-7-9-18/h5-11,15H,13-14H2,1-4H3,(H,25,27,28)/b20-11+. The van der Waals surface area contributed by atoms with Crippen molar-refractivity contribution in [1.82, 2.24) is 9.88 Å². The first-order chi connectivity index (χ1) is 14.2. The van der Waals surface area contributed by atoms with Gasteiger partial charge >= 0.3 is 5.97 Å². The fourth-order valence-electron chi connectivity index (χ4n) is 2.95. The molecule has 7 heteroatoms. The molecule has 1 N–H and O–H groups in total. The molecule has 0 spiro atoms. The summed E-state index contributed by atoms with van der Waals surface area (Å²) >= 11 is 0. The highest BCUT2D eigenvalue weighted by atomic mass is 16.5. The third-order valence-electron chi connectivity index (χ3n) is 4.42. The molecule has 0 unspecified atom stereocenters. The van der Waals surface area contributed by atoms with E-state index < -0.39 is 24.4 Å². The zero-order valence-electron chi connectivity index (χ0n) is 17.6. The van der Waals surface area contributed by atoms with Crippen LogP contribution in [0.3, 0.4) is 0 Å². The molecule has 0 fully saturated rings. The highest BCUT2D eigenvalue weighted by Crippen LogP contribution is 2.20. The van der Waals surface area contributed by atoms with Gasteiger partial charge in [0.05, 0.1) is 0 Å². The number of esters is 1. The molecule has 0 atom stereocenters. The Morgan fingerprint density at radius 2 is 1.87 bits per heavy atom. The number of aromatic nitrogens is 1. The normalized spacial score (nSPS) is 11.1. The van der Waals surface area contributed by atoms with E-state index in [4.69, 9.17) is 4.74 Å². The number of hydrogen-bond donors (Lipinski definition) is 1. The first kappa shape index (κ1) is 22.6. The van der Waals surface area contributed by atoms with Crippen molar-refractivity contribution in [1.29, 1.82) is 5.26 Å². The van der Waals surface area contributed by atoms with Crippen LogP contribution in [0.15, 0.2) is 42.0 Å². The van der Waals surface area contributed by atoms with Crippen LogP contribution in [0.25, 0.3) is 6.08 Å². The minimum atomic E-state index is -0.923. The van der Waals surface area contributed by atoms with E-state index in [1.54, 1.807) is 30.3 Å². The molecule has 0 aliphatic rings. The second kappa shape index (κ2) is 10.2. The maximum Gasteiger partial charge on any atom is 0.349 e. The van der Waals surface area contributed by atoms with Gasteiger partial charge in [-0.2, -0.15) is 5.26 Å². The smallest absolute Gasteiger partial charge is 0.349 e. The minimum absolute atomic E-state index is 0.220. The van der Waals surface area contributed by atoms with Crippen LogP contribution >= 0.6 is 0 Å². The summed E-state index contributed by atoms with van der Waals surface area (Å²) in [4.78, 5) is 36.1. The Kier molecular flexibility index (Phi) is 7.70. The summed E-state index contributed by atoms with van der Waals surface area (Å²) in [6.07, 6.45) is 1.45. The average Bonchev–Trinajstić information content (AvgIpc) is 2.97. The van der Waals surface area contributed by atoms with Gasteiger partial charge in [0.25, 0.3) is 11.8 Å². The molecule has 1 heterocycles. The summed E-state index contributed by atoms with van der Waals surface area (Å²) in [7, 11) is 0. The van der Waals surface area contributed by atoms with E-state index in [2.05, 4.69) is 23.7 Å². The summed E-state index contributed by atoms with van der Waals surface area (Å²) < 4.78 is 7.03. The molecule has 0 aliphatic carbocycles. The molecule has 0 aliphatic heterocycles. The van der Waals surface area contributed by atoms with Crippen molar-refractivity contribution >= 4 is 23.9 Å². The summed E-state index contributed by atoms with van der Waals surface area (Å²) in [5, 5.41) is 11.5. The maximum atomic E-state index is 12.2. The predicted molar refractivity (Wildman–Crippen MR) is 112 cm³/mol.